The minimum atomic E-state index is -0.567. The van der Waals surface area contributed by atoms with Crippen LogP contribution in [0.3, 0.4) is 0 Å². The Hall–Kier alpha value is -2.46. The molecule has 3 aliphatic rings. The van der Waals surface area contributed by atoms with Crippen LogP contribution in [0.5, 0.6) is 17.2 Å². The van der Waals surface area contributed by atoms with E-state index in [1.54, 1.807) is 25.1 Å². The van der Waals surface area contributed by atoms with Gasteiger partial charge in [-0.15, -0.1) is 0 Å². The first-order chi connectivity index (χ1) is 17.0. The van der Waals surface area contributed by atoms with E-state index in [-0.39, 0.29) is 16.7 Å². The van der Waals surface area contributed by atoms with Gasteiger partial charge in [-0.05, 0) is 54.4 Å². The average molecular weight is 520 g/mol. The monoisotopic (exact) mass is 519 g/mol. The highest BCUT2D eigenvalue weighted by molar-refractivity contribution is 7.97. The number of nitrogens with one attached hydrogen (secondary N) is 1. The molecule has 0 spiro atoms. The summed E-state index contributed by atoms with van der Waals surface area (Å²) < 4.78 is 32.8. The van der Waals surface area contributed by atoms with Gasteiger partial charge >= 0.3 is 0 Å². The van der Waals surface area contributed by atoms with Crippen LogP contribution >= 0.6 is 23.5 Å². The van der Waals surface area contributed by atoms with Gasteiger partial charge in [-0.3, -0.25) is 4.79 Å². The average Bonchev–Trinajstić information content (AvgIpc) is 2.81. The first-order valence-corrected chi connectivity index (χ1v) is 12.6. The minimum absolute atomic E-state index is 0.0218. The van der Waals surface area contributed by atoms with E-state index in [0.717, 1.165) is 29.5 Å². The van der Waals surface area contributed by atoms with Crippen LogP contribution in [0.4, 0.5) is 4.39 Å². The van der Waals surface area contributed by atoms with Crippen molar-refractivity contribution >= 4 is 29.5 Å². The summed E-state index contributed by atoms with van der Waals surface area (Å²) in [5, 5.41) is 2.96. The lowest BCUT2D eigenvalue weighted by atomic mass is 9.91. The van der Waals surface area contributed by atoms with Gasteiger partial charge < -0.3 is 24.4 Å². The molecule has 0 aromatic heterocycles. The second-order valence-corrected chi connectivity index (χ2v) is 10.2. The van der Waals surface area contributed by atoms with Crippen molar-refractivity contribution in [3.8, 4) is 17.2 Å². The highest BCUT2D eigenvalue weighted by Crippen LogP contribution is 2.40. The zero-order valence-electron chi connectivity index (χ0n) is 19.6. The zero-order chi connectivity index (χ0) is 24.5. The Morgan fingerprint density at radius 1 is 1.14 bits per heavy atom. The molecule has 5 rings (SSSR count). The molecule has 3 aliphatic heterocycles. The van der Waals surface area contributed by atoms with Crippen molar-refractivity contribution in [2.24, 2.45) is 0 Å². The molecule has 0 aliphatic carbocycles. The third-order valence-corrected chi connectivity index (χ3v) is 7.76. The van der Waals surface area contributed by atoms with Gasteiger partial charge in [-0.2, -0.15) is 0 Å². The summed E-state index contributed by atoms with van der Waals surface area (Å²) in [4.78, 5) is 16.3. The van der Waals surface area contributed by atoms with E-state index >= 15 is 0 Å². The molecule has 3 heterocycles. The molecule has 1 atom stereocenters. The summed E-state index contributed by atoms with van der Waals surface area (Å²) >= 11 is 7.80. The molecule has 0 bridgehead atoms. The zero-order valence-corrected chi connectivity index (χ0v) is 21.2. The number of likely N-dealkylation sites (N-methyl/N-ethyl adjacent to an activating group) is 1. The SMILES string of the molecule is CNCC(C(=O)N1CC(=C2CN(Sc3ccc4c(c3)OCCO4)C2)C1)c1ccc(F)c(Cl)c1OC. The van der Waals surface area contributed by atoms with Gasteiger partial charge in [-0.1, -0.05) is 17.7 Å². The molecule has 35 heavy (non-hydrogen) atoms. The van der Waals surface area contributed by atoms with Crippen LogP contribution in [0.1, 0.15) is 11.5 Å². The standard InChI is InChI=1S/C25H27ClFN3O4S/c1-28-10-19(18-4-5-20(27)23(26)24(18)32-2)25(31)29-11-15(12-29)16-13-30(14-16)35-17-3-6-21-22(9-17)34-8-7-33-21/h3-6,9,19,28H,7-8,10-14H2,1-2H3. The Bertz CT molecular complexity index is 1160. The van der Waals surface area contributed by atoms with Crippen molar-refractivity contribution in [3.05, 3.63) is 57.9 Å². The van der Waals surface area contributed by atoms with Crippen LogP contribution in [0.2, 0.25) is 5.02 Å². The molecule has 1 amide bonds. The van der Waals surface area contributed by atoms with Gasteiger partial charge in [-0.25, -0.2) is 8.70 Å². The second-order valence-electron chi connectivity index (χ2n) is 8.69. The van der Waals surface area contributed by atoms with Crippen LogP contribution in [0.25, 0.3) is 0 Å². The molecule has 0 saturated carbocycles. The summed E-state index contributed by atoms with van der Waals surface area (Å²) in [6.45, 7) is 4.55. The van der Waals surface area contributed by atoms with Gasteiger partial charge in [0.2, 0.25) is 5.91 Å². The number of likely N-dealkylation sites (tertiary alicyclic amines) is 1. The lowest BCUT2D eigenvalue weighted by Gasteiger charge is -2.43. The van der Waals surface area contributed by atoms with E-state index in [1.165, 1.54) is 24.3 Å². The number of nitrogens with zero attached hydrogens (tertiary/aromatic N) is 2. The predicted molar refractivity (Wildman–Crippen MR) is 133 cm³/mol. The van der Waals surface area contributed by atoms with E-state index in [0.29, 0.717) is 38.4 Å². The summed E-state index contributed by atoms with van der Waals surface area (Å²) in [7, 11) is 3.21. The Morgan fingerprint density at radius 3 is 2.57 bits per heavy atom. The topological polar surface area (TPSA) is 63.3 Å². The molecule has 2 saturated heterocycles. The number of rotatable bonds is 7. The van der Waals surface area contributed by atoms with Crippen LogP contribution in [-0.2, 0) is 4.79 Å². The maximum Gasteiger partial charge on any atom is 0.232 e. The van der Waals surface area contributed by atoms with Crippen molar-refractivity contribution in [1.29, 1.82) is 0 Å². The van der Waals surface area contributed by atoms with Gasteiger partial charge in [0.05, 0.1) is 13.0 Å². The van der Waals surface area contributed by atoms with Crippen molar-refractivity contribution in [2.45, 2.75) is 10.8 Å². The quantitative estimate of drug-likeness (QED) is 0.442. The number of fused-ring (bicyclic) bond motifs is 1. The van der Waals surface area contributed by atoms with Crippen molar-refractivity contribution in [3.63, 3.8) is 0 Å². The fourth-order valence-electron chi connectivity index (χ4n) is 4.47. The number of amides is 1. The van der Waals surface area contributed by atoms with E-state index in [1.807, 2.05) is 23.1 Å². The Kier molecular flexibility index (Phi) is 7.11. The molecule has 2 aromatic rings. The molecule has 2 aromatic carbocycles. The lowest BCUT2D eigenvalue weighted by Crippen LogP contribution is -2.51. The van der Waals surface area contributed by atoms with Crippen LogP contribution in [0, 0.1) is 5.82 Å². The maximum absolute atomic E-state index is 13.9. The van der Waals surface area contributed by atoms with Gasteiger partial charge in [0.25, 0.3) is 0 Å². The number of carbonyl (C=O) groups is 1. The molecular formula is C25H27ClFN3O4S. The number of benzene rings is 2. The largest absolute Gasteiger partial charge is 0.495 e. The Labute approximate surface area is 213 Å². The molecule has 7 nitrogen and oxygen atoms in total. The normalized spacial score (nSPS) is 18.1. The molecule has 10 heteroatoms. The van der Waals surface area contributed by atoms with E-state index in [4.69, 9.17) is 25.8 Å². The molecule has 186 valence electrons. The third-order valence-electron chi connectivity index (χ3n) is 6.42. The Morgan fingerprint density at radius 2 is 1.86 bits per heavy atom. The lowest BCUT2D eigenvalue weighted by molar-refractivity contribution is -0.134. The fourth-order valence-corrected chi connectivity index (χ4v) is 5.75. The predicted octanol–water partition coefficient (Wildman–Crippen LogP) is 3.72. The summed E-state index contributed by atoms with van der Waals surface area (Å²) in [5.74, 6) is 0.703. The number of hydrogen-bond acceptors (Lipinski definition) is 7. The van der Waals surface area contributed by atoms with Gasteiger partial charge in [0.15, 0.2) is 11.5 Å². The summed E-state index contributed by atoms with van der Waals surface area (Å²) in [5.41, 5.74) is 3.28. The van der Waals surface area contributed by atoms with Gasteiger partial charge in [0, 0.05) is 43.2 Å². The highest BCUT2D eigenvalue weighted by atomic mass is 35.5. The number of carbonyl (C=O) groups excluding carboxylic acids is 1. The van der Waals surface area contributed by atoms with E-state index in [2.05, 4.69) is 9.62 Å². The van der Waals surface area contributed by atoms with Crippen LogP contribution < -0.4 is 19.5 Å². The Balaban J connectivity index is 1.19. The number of halogens is 2. The highest BCUT2D eigenvalue weighted by Gasteiger charge is 2.37. The van der Waals surface area contributed by atoms with Gasteiger partial charge in [0.1, 0.15) is 29.8 Å². The minimum Gasteiger partial charge on any atom is -0.495 e. The smallest absolute Gasteiger partial charge is 0.232 e. The van der Waals surface area contributed by atoms with Crippen molar-refractivity contribution in [2.75, 3.05) is 60.1 Å². The first-order valence-electron chi connectivity index (χ1n) is 11.5. The molecule has 2 fully saturated rings. The molecule has 1 N–H and O–H groups in total. The van der Waals surface area contributed by atoms with E-state index < -0.39 is 11.7 Å². The fraction of sp³-hybridized carbons (Fsp3) is 0.400. The molecule has 1 unspecified atom stereocenters. The molecular weight excluding hydrogens is 493 g/mol. The van der Waals surface area contributed by atoms with E-state index in [9.17, 15) is 9.18 Å². The maximum atomic E-state index is 13.9. The number of hydrogen-bond donors (Lipinski definition) is 1. The van der Waals surface area contributed by atoms with Crippen molar-refractivity contribution in [1.82, 2.24) is 14.5 Å². The van der Waals surface area contributed by atoms with Crippen molar-refractivity contribution < 1.29 is 23.4 Å². The number of methoxy groups -OCH3 is 1. The van der Waals surface area contributed by atoms with Crippen LogP contribution in [-0.4, -0.2) is 75.2 Å². The molecule has 0 radical (unpaired) electrons. The summed E-state index contributed by atoms with van der Waals surface area (Å²) in [6, 6.07) is 8.88. The summed E-state index contributed by atoms with van der Waals surface area (Å²) in [6.07, 6.45) is 0. The number of ether oxygens (including phenoxy) is 3. The van der Waals surface area contributed by atoms with Crippen LogP contribution in [0.15, 0.2) is 46.4 Å². The second kappa shape index (κ2) is 10.3. The first kappa shape index (κ1) is 24.2. The third kappa shape index (κ3) is 4.82.